The Labute approximate surface area is 66.6 Å². The summed E-state index contributed by atoms with van der Waals surface area (Å²) in [4.78, 5) is 0. The second kappa shape index (κ2) is 2.88. The molecule has 1 heterocycles. The minimum Gasteiger partial charge on any atom is -0.479 e. The first-order chi connectivity index (χ1) is 4.74. The van der Waals surface area contributed by atoms with Crippen LogP contribution in [0.5, 0.6) is 0 Å². The lowest BCUT2D eigenvalue weighted by atomic mass is 10.4. The van der Waals surface area contributed by atoms with Gasteiger partial charge in [0.1, 0.15) is 0 Å². The highest BCUT2D eigenvalue weighted by molar-refractivity contribution is 9.10. The van der Waals surface area contributed by atoms with E-state index in [1.165, 1.54) is 7.11 Å². The first kappa shape index (κ1) is 7.34. The lowest BCUT2D eigenvalue weighted by Gasteiger charge is -1.94. The number of ether oxygens (including phenoxy) is 1. The van der Waals surface area contributed by atoms with Crippen molar-refractivity contribution >= 4 is 21.8 Å². The second-order valence-electron chi connectivity index (χ2n) is 1.64. The van der Waals surface area contributed by atoms with Crippen LogP contribution in [0.25, 0.3) is 0 Å². The smallest absolute Gasteiger partial charge is 0.249 e. The number of halogens is 1. The Morgan fingerprint density at radius 2 is 2.40 bits per heavy atom. The molecule has 0 aromatic carbocycles. The average molecular weight is 204 g/mol. The average Bonchev–Trinajstić information content (AvgIpc) is 2.34. The molecule has 4 heteroatoms. The van der Waals surface area contributed by atoms with Crippen LogP contribution in [0.3, 0.4) is 0 Å². The van der Waals surface area contributed by atoms with Gasteiger partial charge in [-0.25, -0.2) is 0 Å². The van der Waals surface area contributed by atoms with Crippen LogP contribution in [0.4, 0.5) is 0 Å². The molecule has 54 valence electrons. The zero-order valence-electron chi connectivity index (χ0n) is 5.35. The molecule has 1 N–H and O–H groups in total. The molecule has 3 nitrogen and oxygen atoms in total. The van der Waals surface area contributed by atoms with Crippen LogP contribution in [0, 0.1) is 5.41 Å². The van der Waals surface area contributed by atoms with E-state index >= 15 is 0 Å². The van der Waals surface area contributed by atoms with Gasteiger partial charge in [0, 0.05) is 0 Å². The van der Waals surface area contributed by atoms with Crippen molar-refractivity contribution in [2.45, 2.75) is 0 Å². The summed E-state index contributed by atoms with van der Waals surface area (Å²) in [6.45, 7) is 0. The Morgan fingerprint density at radius 3 is 2.80 bits per heavy atom. The number of rotatable bonds is 1. The van der Waals surface area contributed by atoms with Crippen LogP contribution in [-0.4, -0.2) is 13.0 Å². The second-order valence-corrected chi connectivity index (χ2v) is 2.42. The lowest BCUT2D eigenvalue weighted by Crippen LogP contribution is -1.98. The molecule has 0 atom stereocenters. The number of hydrogen-bond donors (Lipinski definition) is 1. The van der Waals surface area contributed by atoms with Gasteiger partial charge in [-0.05, 0) is 28.1 Å². The third-order valence-corrected chi connectivity index (χ3v) is 1.43. The molecule has 1 rings (SSSR count). The Balaban J connectivity index is 2.85. The Bertz CT molecular complexity index is 244. The van der Waals surface area contributed by atoms with Gasteiger partial charge in [-0.3, -0.25) is 5.41 Å². The van der Waals surface area contributed by atoms with Crippen LogP contribution in [-0.2, 0) is 4.74 Å². The summed E-state index contributed by atoms with van der Waals surface area (Å²) in [5, 5.41) is 7.15. The van der Waals surface area contributed by atoms with Crippen molar-refractivity contribution in [3.05, 3.63) is 22.6 Å². The molecule has 0 aliphatic carbocycles. The van der Waals surface area contributed by atoms with Crippen molar-refractivity contribution in [3.8, 4) is 0 Å². The van der Waals surface area contributed by atoms with Gasteiger partial charge in [-0.1, -0.05) is 0 Å². The quantitative estimate of drug-likeness (QED) is 0.561. The summed E-state index contributed by atoms with van der Waals surface area (Å²) in [6.07, 6.45) is 0. The Morgan fingerprint density at radius 1 is 1.70 bits per heavy atom. The molecule has 0 aliphatic heterocycles. The number of nitrogens with one attached hydrogen (secondary N) is 1. The summed E-state index contributed by atoms with van der Waals surface area (Å²) in [6, 6.07) is 3.37. The van der Waals surface area contributed by atoms with Gasteiger partial charge in [0.05, 0.1) is 7.11 Å². The number of methoxy groups -OCH3 is 1. The SMILES string of the molecule is COC(=N)c1ccc(Br)o1. The van der Waals surface area contributed by atoms with Crippen molar-refractivity contribution in [1.29, 1.82) is 5.41 Å². The number of hydrogen-bond acceptors (Lipinski definition) is 3. The Kier molecular flexibility index (Phi) is 2.11. The monoisotopic (exact) mass is 203 g/mol. The first-order valence-electron chi connectivity index (χ1n) is 2.62. The lowest BCUT2D eigenvalue weighted by molar-refractivity contribution is 0.382. The van der Waals surface area contributed by atoms with E-state index in [1.54, 1.807) is 12.1 Å². The molecule has 0 spiro atoms. The van der Waals surface area contributed by atoms with Gasteiger partial charge in [-0.15, -0.1) is 0 Å². The van der Waals surface area contributed by atoms with E-state index in [0.717, 1.165) is 0 Å². The maximum Gasteiger partial charge on any atom is 0.249 e. The normalized spacial score (nSPS) is 9.40. The first-order valence-corrected chi connectivity index (χ1v) is 3.41. The highest BCUT2D eigenvalue weighted by Gasteiger charge is 2.04. The van der Waals surface area contributed by atoms with E-state index in [1.807, 2.05) is 0 Å². The van der Waals surface area contributed by atoms with E-state index < -0.39 is 0 Å². The topological polar surface area (TPSA) is 46.2 Å². The molecule has 0 saturated heterocycles. The van der Waals surface area contributed by atoms with Crippen LogP contribution >= 0.6 is 15.9 Å². The van der Waals surface area contributed by atoms with Gasteiger partial charge >= 0.3 is 0 Å². The standard InChI is InChI=1S/C6H6BrNO2/c1-9-6(8)4-2-3-5(7)10-4/h2-3,8H,1H3. The third-order valence-electron chi connectivity index (χ3n) is 1.00. The van der Waals surface area contributed by atoms with Gasteiger partial charge in [0.25, 0.3) is 0 Å². The zero-order chi connectivity index (χ0) is 7.56. The maximum absolute atomic E-state index is 7.15. The van der Waals surface area contributed by atoms with Crippen LogP contribution in [0.1, 0.15) is 5.76 Å². The van der Waals surface area contributed by atoms with Crippen molar-refractivity contribution < 1.29 is 9.15 Å². The van der Waals surface area contributed by atoms with Crippen LogP contribution < -0.4 is 0 Å². The van der Waals surface area contributed by atoms with Crippen molar-refractivity contribution in [1.82, 2.24) is 0 Å². The minimum absolute atomic E-state index is 0.0331. The van der Waals surface area contributed by atoms with Crippen molar-refractivity contribution in [2.75, 3.05) is 7.11 Å². The summed E-state index contributed by atoms with van der Waals surface area (Å²) in [7, 11) is 1.43. The molecular formula is C6H6BrNO2. The van der Waals surface area contributed by atoms with Gasteiger partial charge in [0.2, 0.25) is 5.90 Å². The molecule has 0 aliphatic rings. The zero-order valence-corrected chi connectivity index (χ0v) is 6.94. The number of furan rings is 1. The minimum atomic E-state index is 0.0331. The van der Waals surface area contributed by atoms with Crippen molar-refractivity contribution in [2.24, 2.45) is 0 Å². The molecule has 0 saturated carbocycles. The van der Waals surface area contributed by atoms with E-state index in [0.29, 0.717) is 10.4 Å². The largest absolute Gasteiger partial charge is 0.479 e. The highest BCUT2D eigenvalue weighted by Crippen LogP contribution is 2.14. The fourth-order valence-corrected chi connectivity index (χ4v) is 0.843. The molecular weight excluding hydrogens is 198 g/mol. The summed E-state index contributed by atoms with van der Waals surface area (Å²) >= 11 is 3.11. The van der Waals surface area contributed by atoms with Gasteiger partial charge in [0.15, 0.2) is 10.4 Å². The molecule has 1 aromatic heterocycles. The van der Waals surface area contributed by atoms with Crippen LogP contribution in [0.15, 0.2) is 21.2 Å². The predicted octanol–water partition coefficient (Wildman–Crippen LogP) is 2.01. The van der Waals surface area contributed by atoms with Gasteiger partial charge in [-0.2, -0.15) is 0 Å². The molecule has 0 fully saturated rings. The Hall–Kier alpha value is -0.770. The molecule has 0 unspecified atom stereocenters. The summed E-state index contributed by atoms with van der Waals surface area (Å²) in [5.41, 5.74) is 0. The van der Waals surface area contributed by atoms with E-state index in [-0.39, 0.29) is 5.90 Å². The predicted molar refractivity (Wildman–Crippen MR) is 40.2 cm³/mol. The summed E-state index contributed by atoms with van der Waals surface area (Å²) < 4.78 is 10.2. The van der Waals surface area contributed by atoms with Crippen LogP contribution in [0.2, 0.25) is 0 Å². The molecule has 0 amide bonds. The molecule has 1 aromatic rings. The van der Waals surface area contributed by atoms with E-state index in [9.17, 15) is 0 Å². The maximum atomic E-state index is 7.15. The highest BCUT2D eigenvalue weighted by atomic mass is 79.9. The summed E-state index contributed by atoms with van der Waals surface area (Å²) in [5.74, 6) is 0.458. The fraction of sp³-hybridized carbons (Fsp3) is 0.167. The fourth-order valence-electron chi connectivity index (χ4n) is 0.537. The van der Waals surface area contributed by atoms with E-state index in [2.05, 4.69) is 20.7 Å². The van der Waals surface area contributed by atoms with Crippen molar-refractivity contribution in [3.63, 3.8) is 0 Å². The third kappa shape index (κ3) is 1.39. The molecule has 0 bridgehead atoms. The molecule has 10 heavy (non-hydrogen) atoms. The molecule has 0 radical (unpaired) electrons. The van der Waals surface area contributed by atoms with E-state index in [4.69, 9.17) is 9.83 Å². The van der Waals surface area contributed by atoms with Gasteiger partial charge < -0.3 is 9.15 Å².